The van der Waals surface area contributed by atoms with Crippen LogP contribution < -0.4 is 5.32 Å². The molecule has 0 radical (unpaired) electrons. The highest BCUT2D eigenvalue weighted by Crippen LogP contribution is 2.21. The van der Waals surface area contributed by atoms with Crippen molar-refractivity contribution in [2.45, 2.75) is 17.7 Å². The van der Waals surface area contributed by atoms with Crippen molar-refractivity contribution in [3.63, 3.8) is 0 Å². The average Bonchev–Trinajstić information content (AvgIpc) is 3.11. The van der Waals surface area contributed by atoms with Crippen LogP contribution in [-0.2, 0) is 10.0 Å². The summed E-state index contributed by atoms with van der Waals surface area (Å²) in [6.07, 6.45) is 4.75. The average molecular weight is 332 g/mol. The molecular weight excluding hydrogens is 316 g/mol. The van der Waals surface area contributed by atoms with E-state index in [-0.39, 0.29) is 16.4 Å². The Hall–Kier alpha value is -2.32. The molecule has 1 aromatic carbocycles. The van der Waals surface area contributed by atoms with Crippen molar-refractivity contribution < 1.29 is 13.2 Å². The summed E-state index contributed by atoms with van der Waals surface area (Å²) >= 11 is 0. The third kappa shape index (κ3) is 3.38. The second kappa shape index (κ2) is 6.43. The van der Waals surface area contributed by atoms with Gasteiger partial charge in [-0.3, -0.25) is 10.1 Å². The van der Waals surface area contributed by atoms with Crippen molar-refractivity contribution in [3.05, 3.63) is 48.3 Å². The van der Waals surface area contributed by atoms with Crippen LogP contribution in [0.5, 0.6) is 0 Å². The molecular formula is C15H16N4O3S. The third-order valence-electron chi connectivity index (χ3n) is 3.59. The second-order valence-corrected chi connectivity index (χ2v) is 7.10. The normalized spacial score (nSPS) is 15.5. The quantitative estimate of drug-likeness (QED) is 0.916. The van der Waals surface area contributed by atoms with E-state index in [9.17, 15) is 13.2 Å². The van der Waals surface area contributed by atoms with Gasteiger partial charge in [0.2, 0.25) is 16.0 Å². The molecule has 23 heavy (non-hydrogen) atoms. The molecule has 8 heteroatoms. The van der Waals surface area contributed by atoms with E-state index in [1.54, 1.807) is 18.2 Å². The molecule has 1 N–H and O–H groups in total. The first-order valence-corrected chi connectivity index (χ1v) is 8.70. The number of amides is 1. The Kier molecular flexibility index (Phi) is 4.35. The topological polar surface area (TPSA) is 92.3 Å². The van der Waals surface area contributed by atoms with Gasteiger partial charge >= 0.3 is 0 Å². The molecule has 1 fully saturated rings. The monoisotopic (exact) mass is 332 g/mol. The molecule has 2 heterocycles. The van der Waals surface area contributed by atoms with Crippen molar-refractivity contribution in [3.8, 4) is 0 Å². The van der Waals surface area contributed by atoms with Gasteiger partial charge in [-0.1, -0.05) is 6.07 Å². The molecule has 0 unspecified atom stereocenters. The number of hydrogen-bond acceptors (Lipinski definition) is 5. The van der Waals surface area contributed by atoms with Gasteiger partial charge in [0, 0.05) is 31.0 Å². The molecule has 0 bridgehead atoms. The standard InChI is InChI=1S/C15H16N4O3S/c20-14(18-15-16-7-4-8-17-15)12-5-3-6-13(11-12)23(21,22)19-9-1-2-10-19/h3-8,11H,1-2,9-10H2,(H,16,17,18,20). The molecule has 120 valence electrons. The number of sulfonamides is 1. The van der Waals surface area contributed by atoms with Gasteiger partial charge in [0.05, 0.1) is 4.90 Å². The number of hydrogen-bond donors (Lipinski definition) is 1. The summed E-state index contributed by atoms with van der Waals surface area (Å²) in [5.41, 5.74) is 0.248. The largest absolute Gasteiger partial charge is 0.290 e. The second-order valence-electron chi connectivity index (χ2n) is 5.17. The van der Waals surface area contributed by atoms with Gasteiger partial charge in [0.15, 0.2) is 0 Å². The molecule has 1 saturated heterocycles. The Labute approximate surface area is 134 Å². The minimum Gasteiger partial charge on any atom is -0.290 e. The van der Waals surface area contributed by atoms with Crippen LogP contribution in [0.25, 0.3) is 0 Å². The maximum Gasteiger partial charge on any atom is 0.258 e. The van der Waals surface area contributed by atoms with Crippen LogP contribution in [0.2, 0.25) is 0 Å². The van der Waals surface area contributed by atoms with Crippen molar-refractivity contribution in [1.29, 1.82) is 0 Å². The lowest BCUT2D eigenvalue weighted by molar-refractivity contribution is 0.102. The molecule has 0 spiro atoms. The SMILES string of the molecule is O=C(Nc1ncccn1)c1cccc(S(=O)(=O)N2CCCC2)c1. The van der Waals surface area contributed by atoms with Gasteiger partial charge in [-0.2, -0.15) is 4.31 Å². The van der Waals surface area contributed by atoms with Crippen LogP contribution >= 0.6 is 0 Å². The molecule has 0 aliphatic carbocycles. The van der Waals surface area contributed by atoms with Crippen LogP contribution in [0.3, 0.4) is 0 Å². The van der Waals surface area contributed by atoms with Gasteiger partial charge in [-0.05, 0) is 37.1 Å². The first-order chi connectivity index (χ1) is 11.1. The Balaban J connectivity index is 1.83. The van der Waals surface area contributed by atoms with Gasteiger partial charge in [-0.15, -0.1) is 0 Å². The summed E-state index contributed by atoms with van der Waals surface area (Å²) in [5.74, 6) is -0.278. The van der Waals surface area contributed by atoms with Crippen LogP contribution in [0, 0.1) is 0 Å². The fraction of sp³-hybridized carbons (Fsp3) is 0.267. The van der Waals surface area contributed by atoms with Crippen LogP contribution in [0.1, 0.15) is 23.2 Å². The first kappa shape index (κ1) is 15.6. The Morgan fingerprint density at radius 3 is 2.48 bits per heavy atom. The summed E-state index contributed by atoms with van der Waals surface area (Å²) in [7, 11) is -3.55. The molecule has 3 rings (SSSR count). The van der Waals surface area contributed by atoms with E-state index >= 15 is 0 Å². The highest BCUT2D eigenvalue weighted by atomic mass is 32.2. The molecule has 0 saturated carbocycles. The molecule has 2 aromatic rings. The predicted octanol–water partition coefficient (Wildman–Crippen LogP) is 1.51. The first-order valence-electron chi connectivity index (χ1n) is 7.26. The summed E-state index contributed by atoms with van der Waals surface area (Å²) in [6, 6.07) is 7.64. The Morgan fingerprint density at radius 1 is 1.09 bits per heavy atom. The number of carbonyl (C=O) groups excluding carboxylic acids is 1. The lowest BCUT2D eigenvalue weighted by atomic mass is 10.2. The van der Waals surface area contributed by atoms with E-state index in [1.807, 2.05) is 0 Å². The molecule has 1 amide bonds. The summed E-state index contributed by atoms with van der Waals surface area (Å²) in [5, 5.41) is 2.54. The summed E-state index contributed by atoms with van der Waals surface area (Å²) in [6.45, 7) is 1.05. The summed E-state index contributed by atoms with van der Waals surface area (Å²) in [4.78, 5) is 20.2. The number of benzene rings is 1. The van der Waals surface area contributed by atoms with E-state index in [2.05, 4.69) is 15.3 Å². The number of anilines is 1. The third-order valence-corrected chi connectivity index (χ3v) is 5.48. The lowest BCUT2D eigenvalue weighted by Crippen LogP contribution is -2.28. The zero-order chi connectivity index (χ0) is 16.3. The van der Waals surface area contributed by atoms with Crippen molar-refractivity contribution >= 4 is 21.9 Å². The van der Waals surface area contributed by atoms with Crippen molar-refractivity contribution in [2.24, 2.45) is 0 Å². The zero-order valence-corrected chi connectivity index (χ0v) is 13.2. The fourth-order valence-corrected chi connectivity index (χ4v) is 3.98. The predicted molar refractivity (Wildman–Crippen MR) is 84.4 cm³/mol. The molecule has 0 atom stereocenters. The van der Waals surface area contributed by atoms with Crippen LogP contribution in [0.4, 0.5) is 5.95 Å². The van der Waals surface area contributed by atoms with Gasteiger partial charge < -0.3 is 0 Å². The minimum atomic E-state index is -3.55. The molecule has 1 aliphatic rings. The lowest BCUT2D eigenvalue weighted by Gasteiger charge is -2.15. The van der Waals surface area contributed by atoms with E-state index in [0.717, 1.165) is 12.8 Å². The van der Waals surface area contributed by atoms with Gasteiger partial charge in [0.25, 0.3) is 5.91 Å². The number of rotatable bonds is 4. The summed E-state index contributed by atoms with van der Waals surface area (Å²) < 4.78 is 26.5. The Bertz CT molecular complexity index is 802. The zero-order valence-electron chi connectivity index (χ0n) is 12.3. The van der Waals surface area contributed by atoms with E-state index in [4.69, 9.17) is 0 Å². The van der Waals surface area contributed by atoms with Gasteiger partial charge in [0.1, 0.15) is 0 Å². The van der Waals surface area contributed by atoms with Crippen LogP contribution in [0.15, 0.2) is 47.6 Å². The van der Waals surface area contributed by atoms with Crippen molar-refractivity contribution in [1.82, 2.24) is 14.3 Å². The van der Waals surface area contributed by atoms with E-state index in [1.165, 1.54) is 28.8 Å². The number of aromatic nitrogens is 2. The Morgan fingerprint density at radius 2 is 1.78 bits per heavy atom. The number of nitrogens with one attached hydrogen (secondary N) is 1. The van der Waals surface area contributed by atoms with Crippen molar-refractivity contribution in [2.75, 3.05) is 18.4 Å². The van der Waals surface area contributed by atoms with E-state index < -0.39 is 15.9 Å². The minimum absolute atomic E-state index is 0.126. The molecule has 7 nitrogen and oxygen atoms in total. The highest BCUT2D eigenvalue weighted by Gasteiger charge is 2.27. The number of nitrogens with zero attached hydrogens (tertiary/aromatic N) is 3. The smallest absolute Gasteiger partial charge is 0.258 e. The van der Waals surface area contributed by atoms with E-state index in [0.29, 0.717) is 13.1 Å². The molecule has 1 aromatic heterocycles. The highest BCUT2D eigenvalue weighted by molar-refractivity contribution is 7.89. The van der Waals surface area contributed by atoms with Gasteiger partial charge in [-0.25, -0.2) is 18.4 Å². The number of carbonyl (C=O) groups is 1. The maximum atomic E-state index is 12.5. The maximum absolute atomic E-state index is 12.5. The fourth-order valence-electron chi connectivity index (χ4n) is 2.41. The molecule has 1 aliphatic heterocycles. The van der Waals surface area contributed by atoms with Crippen LogP contribution in [-0.4, -0.2) is 41.7 Å².